The lowest BCUT2D eigenvalue weighted by molar-refractivity contribution is -0.113. The van der Waals surface area contributed by atoms with E-state index in [0.717, 1.165) is 30.2 Å². The van der Waals surface area contributed by atoms with Crippen molar-refractivity contribution < 1.29 is 14.3 Å². The van der Waals surface area contributed by atoms with Crippen LogP contribution in [0, 0.1) is 5.92 Å². The van der Waals surface area contributed by atoms with Crippen LogP contribution < -0.4 is 9.47 Å². The van der Waals surface area contributed by atoms with E-state index >= 15 is 0 Å². The lowest BCUT2D eigenvalue weighted by Gasteiger charge is -2.31. The monoisotopic (exact) mass is 346 g/mol. The molecule has 0 N–H and O–H groups in total. The van der Waals surface area contributed by atoms with Crippen LogP contribution in [-0.4, -0.2) is 43.3 Å². The summed E-state index contributed by atoms with van der Waals surface area (Å²) in [6, 6.07) is 5.60. The van der Waals surface area contributed by atoms with Crippen LogP contribution >= 0.6 is 11.8 Å². The Balaban J connectivity index is 1.77. The number of carbonyl (C=O) groups is 1. The minimum Gasteiger partial charge on any atom is -0.493 e. The topological polar surface area (TPSA) is 51.1 Å². The zero-order valence-electron chi connectivity index (χ0n) is 14.2. The molecule has 3 rings (SSSR count). The fourth-order valence-corrected chi connectivity index (χ4v) is 3.94. The predicted molar refractivity (Wildman–Crippen MR) is 97.5 cm³/mol. The second kappa shape index (κ2) is 7.30. The first-order valence-electron chi connectivity index (χ1n) is 8.10. The Bertz CT molecular complexity index is 700. The van der Waals surface area contributed by atoms with Crippen LogP contribution in [0.5, 0.6) is 11.5 Å². The number of likely N-dealkylation sites (tertiary alicyclic amines) is 1. The predicted octanol–water partition coefficient (Wildman–Crippen LogP) is 3.41. The van der Waals surface area contributed by atoms with Gasteiger partial charge in [0.25, 0.3) is 5.91 Å². The second-order valence-electron chi connectivity index (χ2n) is 6.12. The van der Waals surface area contributed by atoms with Crippen LogP contribution in [0.3, 0.4) is 0 Å². The Morgan fingerprint density at radius 2 is 2.08 bits per heavy atom. The van der Waals surface area contributed by atoms with E-state index in [1.54, 1.807) is 14.2 Å². The highest BCUT2D eigenvalue weighted by Crippen LogP contribution is 2.34. The zero-order chi connectivity index (χ0) is 17.1. The van der Waals surface area contributed by atoms with Crippen molar-refractivity contribution in [3.8, 4) is 11.5 Å². The molecule has 0 spiro atoms. The van der Waals surface area contributed by atoms with Crippen molar-refractivity contribution in [3.05, 3.63) is 28.7 Å². The molecule has 1 aromatic carbocycles. The minimum atomic E-state index is -0.164. The Labute approximate surface area is 146 Å². The Morgan fingerprint density at radius 3 is 2.79 bits per heavy atom. The van der Waals surface area contributed by atoms with Gasteiger partial charge in [-0.15, -0.1) is 0 Å². The maximum atomic E-state index is 12.2. The molecule has 5 nitrogen and oxygen atoms in total. The lowest BCUT2D eigenvalue weighted by Crippen LogP contribution is -2.37. The molecule has 0 saturated carbocycles. The molecule has 6 heteroatoms. The highest BCUT2D eigenvalue weighted by atomic mass is 32.2. The quantitative estimate of drug-likeness (QED) is 0.785. The highest BCUT2D eigenvalue weighted by Gasteiger charge is 2.28. The average molecular weight is 346 g/mol. The third kappa shape index (κ3) is 3.59. The maximum absolute atomic E-state index is 12.2. The molecule has 0 radical (unpaired) electrons. The summed E-state index contributed by atoms with van der Waals surface area (Å²) in [4.78, 5) is 19.4. The van der Waals surface area contributed by atoms with Gasteiger partial charge in [-0.25, -0.2) is 0 Å². The largest absolute Gasteiger partial charge is 0.493 e. The van der Waals surface area contributed by atoms with E-state index in [9.17, 15) is 4.79 Å². The van der Waals surface area contributed by atoms with Crippen LogP contribution in [0.1, 0.15) is 25.3 Å². The summed E-state index contributed by atoms with van der Waals surface area (Å²) in [6.07, 6.45) is 4.26. The average Bonchev–Trinajstić information content (AvgIpc) is 2.95. The number of hydrogen-bond acceptors (Lipinski definition) is 5. The van der Waals surface area contributed by atoms with Gasteiger partial charge in [0.05, 0.1) is 19.1 Å². The Hall–Kier alpha value is -1.95. The van der Waals surface area contributed by atoms with E-state index in [-0.39, 0.29) is 5.91 Å². The van der Waals surface area contributed by atoms with Crippen molar-refractivity contribution in [1.82, 2.24) is 4.90 Å². The van der Waals surface area contributed by atoms with E-state index in [0.29, 0.717) is 22.3 Å². The third-order valence-electron chi connectivity index (χ3n) is 4.24. The minimum absolute atomic E-state index is 0.164. The molecule has 2 aliphatic rings. The van der Waals surface area contributed by atoms with E-state index in [2.05, 4.69) is 16.8 Å². The molecule has 0 aliphatic carbocycles. The van der Waals surface area contributed by atoms with E-state index in [1.807, 2.05) is 24.3 Å². The molecule has 2 aliphatic heterocycles. The van der Waals surface area contributed by atoms with Crippen LogP contribution in [0.2, 0.25) is 0 Å². The number of rotatable bonds is 3. The van der Waals surface area contributed by atoms with Gasteiger partial charge in [0, 0.05) is 13.1 Å². The molecular weight excluding hydrogens is 324 g/mol. The fourth-order valence-electron chi connectivity index (χ4n) is 2.99. The molecule has 2 heterocycles. The van der Waals surface area contributed by atoms with Crippen molar-refractivity contribution in [1.29, 1.82) is 0 Å². The number of hydrogen-bond donors (Lipinski definition) is 0. The van der Waals surface area contributed by atoms with E-state index in [1.165, 1.54) is 18.2 Å². The summed E-state index contributed by atoms with van der Waals surface area (Å²) >= 11 is 1.46. The summed E-state index contributed by atoms with van der Waals surface area (Å²) < 4.78 is 10.6. The van der Waals surface area contributed by atoms with Crippen LogP contribution in [0.15, 0.2) is 28.1 Å². The normalized spacial score (nSPS) is 22.7. The molecule has 0 aromatic heterocycles. The molecule has 128 valence electrons. The first-order chi connectivity index (χ1) is 11.6. The van der Waals surface area contributed by atoms with Crippen LogP contribution in [-0.2, 0) is 4.79 Å². The number of methoxy groups -OCH3 is 2. The molecule has 1 unspecified atom stereocenters. The van der Waals surface area contributed by atoms with Gasteiger partial charge in [0.15, 0.2) is 16.7 Å². The summed E-state index contributed by atoms with van der Waals surface area (Å²) in [6.45, 7) is 4.20. The van der Waals surface area contributed by atoms with E-state index < -0.39 is 0 Å². The SMILES string of the molecule is COc1ccc(C=C2SC(N3CCCC(C)C3)=NC2=O)cc1OC. The van der Waals surface area contributed by atoms with Crippen molar-refractivity contribution in [3.63, 3.8) is 0 Å². The fraction of sp³-hybridized carbons (Fsp3) is 0.444. The zero-order valence-corrected chi connectivity index (χ0v) is 15.1. The molecule has 1 saturated heterocycles. The van der Waals surface area contributed by atoms with Crippen molar-refractivity contribution in [2.24, 2.45) is 10.9 Å². The lowest BCUT2D eigenvalue weighted by atomic mass is 10.0. The molecule has 1 fully saturated rings. The number of amidine groups is 1. The van der Waals surface area contributed by atoms with Gasteiger partial charge < -0.3 is 14.4 Å². The van der Waals surface area contributed by atoms with Crippen molar-refractivity contribution >= 4 is 28.9 Å². The maximum Gasteiger partial charge on any atom is 0.286 e. The van der Waals surface area contributed by atoms with Crippen LogP contribution in [0.4, 0.5) is 0 Å². The summed E-state index contributed by atoms with van der Waals surface area (Å²) in [7, 11) is 3.20. The molecule has 1 atom stereocenters. The van der Waals surface area contributed by atoms with Gasteiger partial charge in [-0.1, -0.05) is 13.0 Å². The number of thioether (sulfide) groups is 1. The number of ether oxygens (including phenoxy) is 2. The summed E-state index contributed by atoms with van der Waals surface area (Å²) in [5, 5.41) is 0.832. The standard InChI is InChI=1S/C18H22N2O3S/c1-12-5-4-8-20(11-12)18-19-17(21)16(24-18)10-13-6-7-14(22-2)15(9-13)23-3/h6-7,9-10,12H,4-5,8,11H2,1-3H3. The molecule has 24 heavy (non-hydrogen) atoms. The molecule has 1 aromatic rings. The first kappa shape index (κ1) is 16.9. The second-order valence-corrected chi connectivity index (χ2v) is 7.13. The highest BCUT2D eigenvalue weighted by molar-refractivity contribution is 8.18. The Kier molecular flexibility index (Phi) is 5.14. The molecular formula is C18H22N2O3S. The van der Waals surface area contributed by atoms with Gasteiger partial charge in [0.1, 0.15) is 0 Å². The number of carbonyl (C=O) groups excluding carboxylic acids is 1. The van der Waals surface area contributed by atoms with Gasteiger partial charge in [-0.2, -0.15) is 4.99 Å². The summed E-state index contributed by atoms with van der Waals surface area (Å²) in [5.41, 5.74) is 0.895. The number of amides is 1. The van der Waals surface area contributed by atoms with Crippen LogP contribution in [0.25, 0.3) is 6.08 Å². The van der Waals surface area contributed by atoms with Gasteiger partial charge in [0.2, 0.25) is 0 Å². The van der Waals surface area contributed by atoms with E-state index in [4.69, 9.17) is 9.47 Å². The van der Waals surface area contributed by atoms with Crippen molar-refractivity contribution in [2.45, 2.75) is 19.8 Å². The number of nitrogens with zero attached hydrogens (tertiary/aromatic N) is 2. The van der Waals surface area contributed by atoms with Gasteiger partial charge in [-0.3, -0.25) is 4.79 Å². The number of aliphatic imine (C=N–C) groups is 1. The van der Waals surface area contributed by atoms with Gasteiger partial charge >= 0.3 is 0 Å². The summed E-state index contributed by atoms with van der Waals surface area (Å²) in [5.74, 6) is 1.80. The smallest absolute Gasteiger partial charge is 0.286 e. The first-order valence-corrected chi connectivity index (χ1v) is 8.92. The number of piperidine rings is 1. The third-order valence-corrected chi connectivity index (χ3v) is 5.29. The van der Waals surface area contributed by atoms with Gasteiger partial charge in [-0.05, 0) is 54.3 Å². The molecule has 1 amide bonds. The number of benzene rings is 1. The van der Waals surface area contributed by atoms with Crippen molar-refractivity contribution in [2.75, 3.05) is 27.3 Å². The Morgan fingerprint density at radius 1 is 1.29 bits per heavy atom. The molecule has 0 bridgehead atoms.